The third-order valence-electron chi connectivity index (χ3n) is 2.15. The number of hydrogen-bond donors (Lipinski definition) is 2. The van der Waals surface area contributed by atoms with E-state index < -0.39 is 6.04 Å². The lowest BCUT2D eigenvalue weighted by molar-refractivity contribution is -0.113. The van der Waals surface area contributed by atoms with Gasteiger partial charge < -0.3 is 11.1 Å². The molecule has 1 aromatic carbocycles. The van der Waals surface area contributed by atoms with Crippen LogP contribution in [0.25, 0.3) is 0 Å². The molecule has 16 heavy (non-hydrogen) atoms. The summed E-state index contributed by atoms with van der Waals surface area (Å²) in [6.07, 6.45) is 0.218. The average Bonchev–Trinajstić information content (AvgIpc) is 2.28. The highest BCUT2D eigenvalue weighted by Crippen LogP contribution is 2.06. The van der Waals surface area contributed by atoms with Crippen molar-refractivity contribution in [3.63, 3.8) is 0 Å². The van der Waals surface area contributed by atoms with E-state index in [0.29, 0.717) is 5.56 Å². The zero-order chi connectivity index (χ0) is 12.1. The first-order chi connectivity index (χ1) is 7.54. The first-order valence-corrected chi connectivity index (χ1v) is 4.91. The highest BCUT2D eigenvalue weighted by Gasteiger charge is 2.14. The number of nitrogens with zero attached hydrogens (tertiary/aromatic N) is 1. The van der Waals surface area contributed by atoms with Crippen LogP contribution in [0, 0.1) is 16.7 Å². The van der Waals surface area contributed by atoms with Gasteiger partial charge in [0.05, 0.1) is 23.4 Å². The molecule has 0 aliphatic heterocycles. The summed E-state index contributed by atoms with van der Waals surface area (Å²) < 4.78 is 0. The van der Waals surface area contributed by atoms with Gasteiger partial charge in [0, 0.05) is 6.42 Å². The summed E-state index contributed by atoms with van der Waals surface area (Å²) in [6, 6.07) is 8.23. The summed E-state index contributed by atoms with van der Waals surface area (Å²) in [4.78, 5) is 11.4. The van der Waals surface area contributed by atoms with Gasteiger partial charge in [0.25, 0.3) is 0 Å². The van der Waals surface area contributed by atoms with Crippen molar-refractivity contribution in [2.75, 3.05) is 0 Å². The van der Waals surface area contributed by atoms with E-state index in [0.717, 1.165) is 5.56 Å². The Hall–Kier alpha value is -1.99. The van der Waals surface area contributed by atoms with E-state index in [2.05, 4.69) is 0 Å². The predicted molar refractivity (Wildman–Crippen MR) is 61.2 cm³/mol. The Morgan fingerprint density at radius 3 is 2.88 bits per heavy atom. The number of rotatable bonds is 4. The molecular formula is C12H13N3O. The molecule has 0 fully saturated rings. The monoisotopic (exact) mass is 215 g/mol. The standard InChI is InChI=1S/C12H13N3O/c1-8(14)12(16)11(15)6-9-3-2-4-10(5-9)7-13/h2-5,8,15H,6,14H2,1H3/t8-/m0/s1. The quantitative estimate of drug-likeness (QED) is 0.735. The van der Waals surface area contributed by atoms with E-state index in [1.807, 2.05) is 6.07 Å². The molecule has 0 aliphatic carbocycles. The number of nitrogens with two attached hydrogens (primary N) is 1. The van der Waals surface area contributed by atoms with Gasteiger partial charge in [-0.25, -0.2) is 0 Å². The van der Waals surface area contributed by atoms with Crippen LogP contribution in [0.15, 0.2) is 24.3 Å². The molecule has 0 unspecified atom stereocenters. The molecule has 0 aromatic heterocycles. The molecule has 0 saturated carbocycles. The van der Waals surface area contributed by atoms with Gasteiger partial charge in [0.2, 0.25) is 0 Å². The highest BCUT2D eigenvalue weighted by atomic mass is 16.1. The minimum atomic E-state index is -0.647. The minimum absolute atomic E-state index is 0.0231. The number of carbonyl (C=O) groups is 1. The van der Waals surface area contributed by atoms with Crippen LogP contribution in [-0.4, -0.2) is 17.5 Å². The zero-order valence-electron chi connectivity index (χ0n) is 9.03. The Labute approximate surface area is 94.2 Å². The lowest BCUT2D eigenvalue weighted by atomic mass is 10.0. The molecule has 0 heterocycles. The summed E-state index contributed by atoms with van der Waals surface area (Å²) in [5.41, 5.74) is 6.68. The molecule has 1 aromatic rings. The summed E-state index contributed by atoms with van der Waals surface area (Å²) in [7, 11) is 0. The number of nitrogens with one attached hydrogen (secondary N) is 1. The van der Waals surface area contributed by atoms with Crippen molar-refractivity contribution >= 4 is 11.5 Å². The summed E-state index contributed by atoms with van der Waals surface area (Å²) in [6.45, 7) is 1.56. The summed E-state index contributed by atoms with van der Waals surface area (Å²) in [5, 5.41) is 16.3. The molecule has 3 N–H and O–H groups in total. The lowest BCUT2D eigenvalue weighted by Gasteiger charge is -2.06. The van der Waals surface area contributed by atoms with E-state index in [-0.39, 0.29) is 17.9 Å². The van der Waals surface area contributed by atoms with Crippen LogP contribution in [0.4, 0.5) is 0 Å². The largest absolute Gasteiger partial charge is 0.321 e. The van der Waals surface area contributed by atoms with Crippen LogP contribution in [0.5, 0.6) is 0 Å². The fourth-order valence-electron chi connectivity index (χ4n) is 1.32. The molecule has 1 rings (SSSR count). The van der Waals surface area contributed by atoms with Gasteiger partial charge in [-0.2, -0.15) is 5.26 Å². The van der Waals surface area contributed by atoms with E-state index >= 15 is 0 Å². The molecule has 0 radical (unpaired) electrons. The van der Waals surface area contributed by atoms with Crippen molar-refractivity contribution in [2.45, 2.75) is 19.4 Å². The smallest absolute Gasteiger partial charge is 0.192 e. The van der Waals surface area contributed by atoms with Crippen LogP contribution < -0.4 is 5.73 Å². The van der Waals surface area contributed by atoms with Gasteiger partial charge in [-0.15, -0.1) is 0 Å². The van der Waals surface area contributed by atoms with Gasteiger partial charge in [-0.05, 0) is 24.6 Å². The van der Waals surface area contributed by atoms with Crippen molar-refractivity contribution < 1.29 is 4.79 Å². The number of ketones is 1. The Bertz CT molecular complexity index is 458. The van der Waals surface area contributed by atoms with E-state index in [9.17, 15) is 4.79 Å². The molecule has 0 saturated heterocycles. The van der Waals surface area contributed by atoms with Crippen molar-refractivity contribution in [1.29, 1.82) is 10.7 Å². The van der Waals surface area contributed by atoms with Crippen LogP contribution in [0.3, 0.4) is 0 Å². The third-order valence-corrected chi connectivity index (χ3v) is 2.15. The van der Waals surface area contributed by atoms with Crippen LogP contribution in [0.2, 0.25) is 0 Å². The molecule has 0 amide bonds. The molecule has 4 nitrogen and oxygen atoms in total. The van der Waals surface area contributed by atoms with Gasteiger partial charge in [-0.3, -0.25) is 4.79 Å². The molecule has 4 heteroatoms. The van der Waals surface area contributed by atoms with Crippen molar-refractivity contribution in [2.24, 2.45) is 5.73 Å². The fourth-order valence-corrected chi connectivity index (χ4v) is 1.32. The lowest BCUT2D eigenvalue weighted by Crippen LogP contribution is -2.33. The van der Waals surface area contributed by atoms with Crippen LogP contribution in [0.1, 0.15) is 18.1 Å². The number of carbonyl (C=O) groups excluding carboxylic acids is 1. The van der Waals surface area contributed by atoms with Gasteiger partial charge in [-0.1, -0.05) is 12.1 Å². The molecule has 0 aliphatic rings. The Kier molecular flexibility index (Phi) is 3.92. The van der Waals surface area contributed by atoms with Crippen molar-refractivity contribution in [3.8, 4) is 6.07 Å². The maximum atomic E-state index is 11.4. The van der Waals surface area contributed by atoms with E-state index in [1.54, 1.807) is 31.2 Å². The van der Waals surface area contributed by atoms with Crippen molar-refractivity contribution in [1.82, 2.24) is 0 Å². The van der Waals surface area contributed by atoms with Gasteiger partial charge in [0.15, 0.2) is 5.78 Å². The maximum Gasteiger partial charge on any atom is 0.192 e. The van der Waals surface area contributed by atoms with Crippen molar-refractivity contribution in [3.05, 3.63) is 35.4 Å². The average molecular weight is 215 g/mol. The Morgan fingerprint density at radius 1 is 1.62 bits per heavy atom. The topological polar surface area (TPSA) is 90.7 Å². The second-order valence-electron chi connectivity index (χ2n) is 3.62. The molecule has 1 atom stereocenters. The Balaban J connectivity index is 2.78. The van der Waals surface area contributed by atoms with Gasteiger partial charge >= 0.3 is 0 Å². The normalized spacial score (nSPS) is 11.6. The highest BCUT2D eigenvalue weighted by molar-refractivity contribution is 6.40. The molecule has 0 bridgehead atoms. The summed E-state index contributed by atoms with van der Waals surface area (Å²) >= 11 is 0. The summed E-state index contributed by atoms with van der Waals surface area (Å²) in [5.74, 6) is -0.359. The van der Waals surface area contributed by atoms with Gasteiger partial charge in [0.1, 0.15) is 0 Å². The number of hydrogen-bond acceptors (Lipinski definition) is 4. The van der Waals surface area contributed by atoms with Crippen LogP contribution >= 0.6 is 0 Å². The molecular weight excluding hydrogens is 202 g/mol. The minimum Gasteiger partial charge on any atom is -0.321 e. The zero-order valence-corrected chi connectivity index (χ0v) is 9.03. The first-order valence-electron chi connectivity index (χ1n) is 4.91. The first kappa shape index (κ1) is 12.1. The van der Waals surface area contributed by atoms with E-state index in [1.165, 1.54) is 0 Å². The number of Topliss-reactive ketones (excluding diaryl/α,β-unsaturated/α-hetero) is 1. The molecule has 82 valence electrons. The second kappa shape index (κ2) is 5.19. The predicted octanol–water partition coefficient (Wildman–Crippen LogP) is 1.04. The fraction of sp³-hybridized carbons (Fsp3) is 0.250. The maximum absolute atomic E-state index is 11.4. The third kappa shape index (κ3) is 3.01. The SMILES string of the molecule is C[C@H](N)C(=O)C(=N)Cc1cccc(C#N)c1. The number of nitriles is 1. The van der Waals surface area contributed by atoms with E-state index in [4.69, 9.17) is 16.4 Å². The molecule has 0 spiro atoms. The second-order valence-corrected chi connectivity index (χ2v) is 3.62. The Morgan fingerprint density at radius 2 is 2.31 bits per heavy atom. The number of benzene rings is 1. The van der Waals surface area contributed by atoms with Crippen LogP contribution in [-0.2, 0) is 11.2 Å².